The Morgan fingerprint density at radius 2 is 2.22 bits per heavy atom. The molecular weight excluding hydrogens is 236 g/mol. The number of aromatic hydroxyl groups is 1. The minimum absolute atomic E-state index is 0.0123. The van der Waals surface area contributed by atoms with Crippen molar-refractivity contribution in [2.24, 2.45) is 0 Å². The van der Waals surface area contributed by atoms with E-state index in [9.17, 15) is 14.7 Å². The molecule has 0 atom stereocenters. The predicted molar refractivity (Wildman–Crippen MR) is 63.2 cm³/mol. The number of piperazine rings is 1. The second-order valence-electron chi connectivity index (χ2n) is 3.92. The minimum Gasteiger partial charge on any atom is -0.504 e. The summed E-state index contributed by atoms with van der Waals surface area (Å²) in [4.78, 5) is 24.3. The van der Waals surface area contributed by atoms with E-state index >= 15 is 0 Å². The van der Waals surface area contributed by atoms with Gasteiger partial charge in [-0.3, -0.25) is 9.59 Å². The molecule has 18 heavy (non-hydrogen) atoms. The fraction of sp³-hybridized carbons (Fsp3) is 0.333. The van der Waals surface area contributed by atoms with Crippen LogP contribution in [0.15, 0.2) is 24.3 Å². The van der Waals surface area contributed by atoms with Crippen molar-refractivity contribution in [3.8, 4) is 11.5 Å². The largest absolute Gasteiger partial charge is 0.504 e. The highest BCUT2D eigenvalue weighted by Gasteiger charge is 2.21. The number of hydrogen-bond acceptors (Lipinski definition) is 4. The highest BCUT2D eigenvalue weighted by atomic mass is 16.5. The van der Waals surface area contributed by atoms with Gasteiger partial charge in [0.1, 0.15) is 0 Å². The Kier molecular flexibility index (Phi) is 3.66. The maximum Gasteiger partial charge on any atom is 0.261 e. The van der Waals surface area contributed by atoms with Gasteiger partial charge in [0.15, 0.2) is 18.1 Å². The van der Waals surface area contributed by atoms with Crippen LogP contribution in [0.2, 0.25) is 0 Å². The number of ether oxygens (including phenoxy) is 1. The Hall–Kier alpha value is -2.24. The van der Waals surface area contributed by atoms with Crippen molar-refractivity contribution in [2.75, 3.05) is 26.2 Å². The van der Waals surface area contributed by atoms with E-state index in [4.69, 9.17) is 4.74 Å². The van der Waals surface area contributed by atoms with Crippen molar-refractivity contribution < 1.29 is 19.4 Å². The molecule has 0 radical (unpaired) electrons. The molecule has 0 aromatic heterocycles. The number of rotatable bonds is 3. The number of carbonyl (C=O) groups is 2. The molecule has 96 valence electrons. The topological polar surface area (TPSA) is 78.9 Å². The molecule has 2 amide bonds. The van der Waals surface area contributed by atoms with Crippen LogP contribution in [0, 0.1) is 0 Å². The zero-order valence-electron chi connectivity index (χ0n) is 9.76. The summed E-state index contributed by atoms with van der Waals surface area (Å²) < 4.78 is 5.21. The molecule has 1 fully saturated rings. The molecule has 2 rings (SSSR count). The van der Waals surface area contributed by atoms with Crippen molar-refractivity contribution in [3.63, 3.8) is 0 Å². The number of carbonyl (C=O) groups excluding carboxylic acids is 2. The first kappa shape index (κ1) is 12.2. The van der Waals surface area contributed by atoms with Gasteiger partial charge in [0.2, 0.25) is 5.91 Å². The second-order valence-corrected chi connectivity index (χ2v) is 3.92. The monoisotopic (exact) mass is 250 g/mol. The first-order valence-corrected chi connectivity index (χ1v) is 5.62. The molecule has 1 aliphatic heterocycles. The van der Waals surface area contributed by atoms with E-state index in [1.54, 1.807) is 18.2 Å². The first-order chi connectivity index (χ1) is 8.66. The lowest BCUT2D eigenvalue weighted by atomic mass is 10.3. The van der Waals surface area contributed by atoms with E-state index in [2.05, 4.69) is 5.32 Å². The SMILES string of the molecule is O=C1CN(C(=O)COc2ccccc2O)CCN1. The molecule has 0 spiro atoms. The van der Waals surface area contributed by atoms with Crippen LogP contribution in [0.1, 0.15) is 0 Å². The van der Waals surface area contributed by atoms with Gasteiger partial charge in [-0.25, -0.2) is 0 Å². The Morgan fingerprint density at radius 1 is 1.44 bits per heavy atom. The van der Waals surface area contributed by atoms with Gasteiger partial charge in [-0.1, -0.05) is 12.1 Å². The third-order valence-electron chi connectivity index (χ3n) is 2.61. The Morgan fingerprint density at radius 3 is 2.94 bits per heavy atom. The maximum atomic E-state index is 11.8. The van der Waals surface area contributed by atoms with Crippen LogP contribution in [0.5, 0.6) is 11.5 Å². The standard InChI is InChI=1S/C12H14N2O4/c15-9-3-1-2-4-10(9)18-8-12(17)14-6-5-13-11(16)7-14/h1-4,15H,5-8H2,(H,13,16). The number of hydrogen-bond donors (Lipinski definition) is 2. The summed E-state index contributed by atoms with van der Waals surface area (Å²) in [5.74, 6) is -0.195. The minimum atomic E-state index is -0.270. The molecule has 2 N–H and O–H groups in total. The highest BCUT2D eigenvalue weighted by molar-refractivity contribution is 5.86. The van der Waals surface area contributed by atoms with Gasteiger partial charge in [-0.2, -0.15) is 0 Å². The summed E-state index contributed by atoms with van der Waals surface area (Å²) in [5.41, 5.74) is 0. The van der Waals surface area contributed by atoms with Gasteiger partial charge < -0.3 is 20.1 Å². The summed E-state index contributed by atoms with van der Waals surface area (Å²) >= 11 is 0. The van der Waals surface area contributed by atoms with E-state index in [1.807, 2.05) is 0 Å². The third kappa shape index (κ3) is 2.91. The number of para-hydroxylation sites is 2. The van der Waals surface area contributed by atoms with E-state index in [0.717, 1.165) is 0 Å². The fourth-order valence-corrected chi connectivity index (χ4v) is 1.66. The van der Waals surface area contributed by atoms with Gasteiger partial charge >= 0.3 is 0 Å². The lowest BCUT2D eigenvalue weighted by molar-refractivity contribution is -0.139. The van der Waals surface area contributed by atoms with Gasteiger partial charge in [-0.15, -0.1) is 0 Å². The fourth-order valence-electron chi connectivity index (χ4n) is 1.66. The van der Waals surface area contributed by atoms with Crippen LogP contribution in [-0.2, 0) is 9.59 Å². The molecule has 0 unspecified atom stereocenters. The summed E-state index contributed by atoms with van der Waals surface area (Å²) in [5, 5.41) is 12.1. The average molecular weight is 250 g/mol. The van der Waals surface area contributed by atoms with Crippen LogP contribution in [-0.4, -0.2) is 48.1 Å². The Balaban J connectivity index is 1.88. The molecular formula is C12H14N2O4. The lowest BCUT2D eigenvalue weighted by Crippen LogP contribution is -2.51. The van der Waals surface area contributed by atoms with Crippen molar-refractivity contribution in [2.45, 2.75) is 0 Å². The normalized spacial score (nSPS) is 15.1. The van der Waals surface area contributed by atoms with Crippen LogP contribution in [0.4, 0.5) is 0 Å². The third-order valence-corrected chi connectivity index (χ3v) is 2.61. The quantitative estimate of drug-likeness (QED) is 0.774. The lowest BCUT2D eigenvalue weighted by Gasteiger charge is -2.26. The maximum absolute atomic E-state index is 11.8. The van der Waals surface area contributed by atoms with E-state index in [-0.39, 0.29) is 36.5 Å². The van der Waals surface area contributed by atoms with Gasteiger partial charge in [0.25, 0.3) is 5.91 Å². The number of nitrogens with one attached hydrogen (secondary N) is 1. The van der Waals surface area contributed by atoms with Crippen LogP contribution in [0.3, 0.4) is 0 Å². The number of phenols is 1. The molecule has 0 aliphatic carbocycles. The molecule has 1 heterocycles. The van der Waals surface area contributed by atoms with Gasteiger partial charge in [0.05, 0.1) is 6.54 Å². The zero-order chi connectivity index (χ0) is 13.0. The van der Waals surface area contributed by atoms with Crippen molar-refractivity contribution in [3.05, 3.63) is 24.3 Å². The van der Waals surface area contributed by atoms with Crippen molar-refractivity contribution in [1.82, 2.24) is 10.2 Å². The number of phenolic OH excluding ortho intramolecular Hbond substituents is 1. The van der Waals surface area contributed by atoms with Crippen molar-refractivity contribution in [1.29, 1.82) is 0 Å². The van der Waals surface area contributed by atoms with Crippen LogP contribution >= 0.6 is 0 Å². The van der Waals surface area contributed by atoms with E-state index in [0.29, 0.717) is 13.1 Å². The molecule has 1 aliphatic rings. The molecule has 1 saturated heterocycles. The second kappa shape index (κ2) is 5.39. The summed E-state index contributed by atoms with van der Waals surface area (Å²) in [6.07, 6.45) is 0. The predicted octanol–water partition coefficient (Wildman–Crippen LogP) is -0.271. The van der Waals surface area contributed by atoms with Crippen molar-refractivity contribution >= 4 is 11.8 Å². The number of benzene rings is 1. The summed E-state index contributed by atoms with van der Waals surface area (Å²) in [6.45, 7) is 0.809. The summed E-state index contributed by atoms with van der Waals surface area (Å²) in [6, 6.07) is 6.42. The summed E-state index contributed by atoms with van der Waals surface area (Å²) in [7, 11) is 0. The molecule has 0 saturated carbocycles. The average Bonchev–Trinajstić information content (AvgIpc) is 2.37. The smallest absolute Gasteiger partial charge is 0.261 e. The van der Waals surface area contributed by atoms with Gasteiger partial charge in [0, 0.05) is 13.1 Å². The highest BCUT2D eigenvalue weighted by Crippen LogP contribution is 2.24. The molecule has 0 bridgehead atoms. The van der Waals surface area contributed by atoms with Crippen LogP contribution < -0.4 is 10.1 Å². The van der Waals surface area contributed by atoms with Gasteiger partial charge in [-0.05, 0) is 12.1 Å². The molecule has 1 aromatic carbocycles. The zero-order valence-corrected chi connectivity index (χ0v) is 9.76. The van der Waals surface area contributed by atoms with E-state index in [1.165, 1.54) is 11.0 Å². The van der Waals surface area contributed by atoms with Crippen LogP contribution in [0.25, 0.3) is 0 Å². The number of amides is 2. The van der Waals surface area contributed by atoms with E-state index < -0.39 is 0 Å². The molecule has 1 aromatic rings. The molecule has 6 heteroatoms. The molecule has 6 nitrogen and oxygen atoms in total. The Labute approximate surface area is 104 Å². The first-order valence-electron chi connectivity index (χ1n) is 5.62. The number of nitrogens with zero attached hydrogens (tertiary/aromatic N) is 1. The Bertz CT molecular complexity index is 461.